The molecular weight excluding hydrogens is 204 g/mol. The summed E-state index contributed by atoms with van der Waals surface area (Å²) in [4.78, 5) is 10.8. The molecule has 1 aliphatic heterocycles. The van der Waals surface area contributed by atoms with E-state index in [0.29, 0.717) is 0 Å². The fourth-order valence-electron chi connectivity index (χ4n) is 2.06. The Kier molecular flexibility index (Phi) is 2.79. The zero-order valence-electron chi connectivity index (χ0n) is 7.49. The van der Waals surface area contributed by atoms with Gasteiger partial charge in [-0.1, -0.05) is 0 Å². The van der Waals surface area contributed by atoms with Crippen LogP contribution in [-0.2, 0) is 4.79 Å². The van der Waals surface area contributed by atoms with E-state index < -0.39 is 5.97 Å². The first-order valence-electron chi connectivity index (χ1n) is 4.73. The third-order valence-corrected chi connectivity index (χ3v) is 6.29. The summed E-state index contributed by atoms with van der Waals surface area (Å²) in [7, 11) is 0. The molecule has 1 spiro atoms. The summed E-state index contributed by atoms with van der Waals surface area (Å²) in [5.41, 5.74) is 0. The largest absolute Gasteiger partial charge is 0.481 e. The van der Waals surface area contributed by atoms with Gasteiger partial charge in [0, 0.05) is 0 Å². The van der Waals surface area contributed by atoms with E-state index in [1.54, 1.807) is 0 Å². The van der Waals surface area contributed by atoms with Gasteiger partial charge in [-0.3, -0.25) is 4.79 Å². The fourth-order valence-corrected chi connectivity index (χ4v) is 5.56. The molecule has 0 radical (unpaired) electrons. The lowest BCUT2D eigenvalue weighted by Gasteiger charge is -2.31. The Hall–Kier alpha value is 0.170. The van der Waals surface area contributed by atoms with Gasteiger partial charge in [0.2, 0.25) is 0 Å². The van der Waals surface area contributed by atoms with E-state index in [-0.39, 0.29) is 10.00 Å². The molecule has 0 aromatic carbocycles. The Morgan fingerprint density at radius 2 is 2.08 bits per heavy atom. The summed E-state index contributed by atoms with van der Waals surface area (Å²) in [6, 6.07) is 0. The van der Waals surface area contributed by atoms with Crippen molar-refractivity contribution < 1.29 is 9.90 Å². The van der Waals surface area contributed by atoms with Crippen LogP contribution in [0.1, 0.15) is 25.7 Å². The highest BCUT2D eigenvalue weighted by Gasteiger charge is 2.43. The van der Waals surface area contributed by atoms with Gasteiger partial charge in [0.25, 0.3) is 0 Å². The van der Waals surface area contributed by atoms with E-state index in [2.05, 4.69) is 0 Å². The lowest BCUT2D eigenvalue weighted by molar-refractivity contribution is -0.141. The van der Waals surface area contributed by atoms with Crippen molar-refractivity contribution in [2.75, 3.05) is 11.5 Å². The highest BCUT2D eigenvalue weighted by atomic mass is 32.2. The molecule has 2 nitrogen and oxygen atoms in total. The Morgan fingerprint density at radius 1 is 1.38 bits per heavy atom. The molecule has 0 unspecified atom stereocenters. The standard InChI is InChI=1S/C9H14O2S2/c10-8(11)7-2-3-9(6-7)12-4-1-5-13-9/h7H,1-6H2,(H,10,11)/t7-/m1/s1. The van der Waals surface area contributed by atoms with Crippen molar-refractivity contribution in [1.82, 2.24) is 0 Å². The third-order valence-electron chi connectivity index (χ3n) is 2.80. The van der Waals surface area contributed by atoms with Crippen LogP contribution in [0, 0.1) is 5.92 Å². The van der Waals surface area contributed by atoms with Gasteiger partial charge in [0.1, 0.15) is 0 Å². The first-order valence-corrected chi connectivity index (χ1v) is 6.70. The van der Waals surface area contributed by atoms with Crippen molar-refractivity contribution in [3.63, 3.8) is 0 Å². The van der Waals surface area contributed by atoms with Crippen molar-refractivity contribution in [3.05, 3.63) is 0 Å². The minimum absolute atomic E-state index is 0.0712. The summed E-state index contributed by atoms with van der Waals surface area (Å²) < 4.78 is 0.279. The van der Waals surface area contributed by atoms with Crippen LogP contribution in [0.4, 0.5) is 0 Å². The van der Waals surface area contributed by atoms with E-state index in [1.807, 2.05) is 23.5 Å². The van der Waals surface area contributed by atoms with Gasteiger partial charge in [-0.15, -0.1) is 23.5 Å². The number of aliphatic carboxylic acids is 1. The van der Waals surface area contributed by atoms with Crippen molar-refractivity contribution in [2.45, 2.75) is 29.8 Å². The number of carboxylic acid groups (broad SMARTS) is 1. The van der Waals surface area contributed by atoms with Crippen LogP contribution in [0.15, 0.2) is 0 Å². The minimum Gasteiger partial charge on any atom is -0.481 e. The van der Waals surface area contributed by atoms with Gasteiger partial charge in [0.05, 0.1) is 10.00 Å². The van der Waals surface area contributed by atoms with Crippen molar-refractivity contribution >= 4 is 29.5 Å². The zero-order chi connectivity index (χ0) is 9.31. The average Bonchev–Trinajstić information content (AvgIpc) is 2.51. The maximum atomic E-state index is 10.8. The van der Waals surface area contributed by atoms with Gasteiger partial charge < -0.3 is 5.11 Å². The summed E-state index contributed by atoms with van der Waals surface area (Å²) in [6.07, 6.45) is 4.15. The molecular formula is C9H14O2S2. The number of hydrogen-bond donors (Lipinski definition) is 1. The number of carbonyl (C=O) groups is 1. The summed E-state index contributed by atoms with van der Waals surface area (Å²) in [5.74, 6) is 1.78. The average molecular weight is 218 g/mol. The first-order chi connectivity index (χ1) is 6.22. The van der Waals surface area contributed by atoms with Crippen LogP contribution in [0.5, 0.6) is 0 Å². The molecule has 1 atom stereocenters. The van der Waals surface area contributed by atoms with Crippen LogP contribution in [0.2, 0.25) is 0 Å². The summed E-state index contributed by atoms with van der Waals surface area (Å²) in [5, 5.41) is 8.91. The zero-order valence-corrected chi connectivity index (χ0v) is 9.12. The van der Waals surface area contributed by atoms with Crippen molar-refractivity contribution in [1.29, 1.82) is 0 Å². The molecule has 2 rings (SSSR count). The molecule has 2 aliphatic rings. The Morgan fingerprint density at radius 3 is 2.62 bits per heavy atom. The number of rotatable bonds is 1. The lowest BCUT2D eigenvalue weighted by Crippen LogP contribution is -2.22. The van der Waals surface area contributed by atoms with Crippen LogP contribution in [0.3, 0.4) is 0 Å². The Bertz CT molecular complexity index is 212. The number of hydrogen-bond acceptors (Lipinski definition) is 3. The first kappa shape index (κ1) is 9.71. The van der Waals surface area contributed by atoms with Crippen molar-refractivity contribution in [2.24, 2.45) is 5.92 Å². The highest BCUT2D eigenvalue weighted by molar-refractivity contribution is 8.18. The summed E-state index contributed by atoms with van der Waals surface area (Å²) >= 11 is 3.99. The van der Waals surface area contributed by atoms with E-state index in [0.717, 1.165) is 19.3 Å². The molecule has 0 aromatic heterocycles. The predicted octanol–water partition coefficient (Wildman–Crippen LogP) is 2.44. The fraction of sp³-hybridized carbons (Fsp3) is 0.889. The van der Waals surface area contributed by atoms with Crippen molar-refractivity contribution in [3.8, 4) is 0 Å². The van der Waals surface area contributed by atoms with E-state index in [9.17, 15) is 4.79 Å². The molecule has 74 valence electrons. The molecule has 1 aliphatic carbocycles. The van der Waals surface area contributed by atoms with Crippen LogP contribution in [0.25, 0.3) is 0 Å². The maximum Gasteiger partial charge on any atom is 0.306 e. The Balaban J connectivity index is 1.98. The molecule has 1 saturated heterocycles. The van der Waals surface area contributed by atoms with Gasteiger partial charge in [0.15, 0.2) is 0 Å². The van der Waals surface area contributed by atoms with Crippen LogP contribution in [-0.4, -0.2) is 26.7 Å². The second-order valence-electron chi connectivity index (χ2n) is 3.74. The topological polar surface area (TPSA) is 37.3 Å². The minimum atomic E-state index is -0.594. The molecule has 13 heavy (non-hydrogen) atoms. The quantitative estimate of drug-likeness (QED) is 0.733. The van der Waals surface area contributed by atoms with Gasteiger partial charge in [-0.2, -0.15) is 0 Å². The van der Waals surface area contributed by atoms with Crippen LogP contribution >= 0.6 is 23.5 Å². The molecule has 4 heteroatoms. The van der Waals surface area contributed by atoms with Crippen LogP contribution < -0.4 is 0 Å². The van der Waals surface area contributed by atoms with E-state index >= 15 is 0 Å². The summed E-state index contributed by atoms with van der Waals surface area (Å²) in [6.45, 7) is 0. The molecule has 1 N–H and O–H groups in total. The molecule has 0 amide bonds. The van der Waals surface area contributed by atoms with E-state index in [1.165, 1.54) is 17.9 Å². The van der Waals surface area contributed by atoms with Gasteiger partial charge in [-0.25, -0.2) is 0 Å². The lowest BCUT2D eigenvalue weighted by atomic mass is 10.1. The van der Waals surface area contributed by atoms with Gasteiger partial charge in [-0.05, 0) is 37.2 Å². The molecule has 0 bridgehead atoms. The second kappa shape index (κ2) is 3.73. The third kappa shape index (κ3) is 1.99. The second-order valence-corrected chi connectivity index (χ2v) is 6.95. The number of thioether (sulfide) groups is 2. The van der Waals surface area contributed by atoms with Gasteiger partial charge >= 0.3 is 5.97 Å². The normalized spacial score (nSPS) is 32.2. The highest BCUT2D eigenvalue weighted by Crippen LogP contribution is 2.54. The maximum absolute atomic E-state index is 10.8. The SMILES string of the molecule is O=C(O)[C@@H]1CCC2(C1)SCCCS2. The molecule has 2 fully saturated rings. The monoisotopic (exact) mass is 218 g/mol. The smallest absolute Gasteiger partial charge is 0.306 e. The Labute approximate surface area is 86.8 Å². The molecule has 1 heterocycles. The van der Waals surface area contributed by atoms with E-state index in [4.69, 9.17) is 5.11 Å². The predicted molar refractivity (Wildman–Crippen MR) is 57.2 cm³/mol. The molecule has 0 aromatic rings. The number of carboxylic acids is 1. The molecule has 1 saturated carbocycles.